The third-order valence-electron chi connectivity index (χ3n) is 3.80. The SMILES string of the molecule is Cc1nc(CNCC(C)N2CCCCC2)sc1C. The Morgan fingerprint density at radius 3 is 2.61 bits per heavy atom. The first-order chi connectivity index (χ1) is 8.66. The summed E-state index contributed by atoms with van der Waals surface area (Å²) in [7, 11) is 0. The maximum Gasteiger partial charge on any atom is 0.107 e. The van der Waals surface area contributed by atoms with E-state index < -0.39 is 0 Å². The zero-order valence-electron chi connectivity index (χ0n) is 11.8. The molecule has 1 aliphatic rings. The van der Waals surface area contributed by atoms with E-state index in [9.17, 15) is 0 Å². The molecular weight excluding hydrogens is 242 g/mol. The minimum Gasteiger partial charge on any atom is -0.309 e. The van der Waals surface area contributed by atoms with Gasteiger partial charge in [-0.3, -0.25) is 4.90 Å². The number of nitrogens with zero attached hydrogens (tertiary/aromatic N) is 2. The summed E-state index contributed by atoms with van der Waals surface area (Å²) in [6.45, 7) is 11.1. The van der Waals surface area contributed by atoms with E-state index in [0.29, 0.717) is 6.04 Å². The first-order valence-corrected chi connectivity index (χ1v) is 7.86. The van der Waals surface area contributed by atoms with Crippen LogP contribution in [0.1, 0.15) is 41.8 Å². The van der Waals surface area contributed by atoms with Crippen LogP contribution in [0.15, 0.2) is 0 Å². The van der Waals surface area contributed by atoms with Crippen molar-refractivity contribution in [2.75, 3.05) is 19.6 Å². The second-order valence-corrected chi connectivity index (χ2v) is 6.61. The molecule has 0 saturated carbocycles. The summed E-state index contributed by atoms with van der Waals surface area (Å²) in [4.78, 5) is 8.51. The van der Waals surface area contributed by atoms with Crippen LogP contribution in [-0.4, -0.2) is 35.6 Å². The van der Waals surface area contributed by atoms with E-state index in [1.54, 1.807) is 0 Å². The number of hydrogen-bond donors (Lipinski definition) is 1. The monoisotopic (exact) mass is 267 g/mol. The molecule has 0 amide bonds. The van der Waals surface area contributed by atoms with Crippen molar-refractivity contribution in [1.29, 1.82) is 0 Å². The predicted octanol–water partition coefficient (Wildman–Crippen LogP) is 2.72. The number of rotatable bonds is 5. The molecule has 1 aromatic rings. The molecule has 1 saturated heterocycles. The molecule has 4 heteroatoms. The summed E-state index contributed by atoms with van der Waals surface area (Å²) in [5.41, 5.74) is 1.18. The van der Waals surface area contributed by atoms with Gasteiger partial charge in [0, 0.05) is 24.0 Å². The Morgan fingerprint density at radius 2 is 2.00 bits per heavy atom. The van der Waals surface area contributed by atoms with Gasteiger partial charge in [0.2, 0.25) is 0 Å². The van der Waals surface area contributed by atoms with E-state index in [-0.39, 0.29) is 0 Å². The minimum atomic E-state index is 0.646. The Morgan fingerprint density at radius 1 is 1.28 bits per heavy atom. The Bertz CT molecular complexity index is 350. The lowest BCUT2D eigenvalue weighted by Crippen LogP contribution is -2.42. The van der Waals surface area contributed by atoms with E-state index in [2.05, 4.69) is 36.0 Å². The summed E-state index contributed by atoms with van der Waals surface area (Å²) in [5.74, 6) is 0. The van der Waals surface area contributed by atoms with E-state index in [1.807, 2.05) is 11.3 Å². The highest BCUT2D eigenvalue weighted by molar-refractivity contribution is 7.11. The molecule has 1 aromatic heterocycles. The normalized spacial score (nSPS) is 19.1. The molecular formula is C14H25N3S. The van der Waals surface area contributed by atoms with E-state index >= 15 is 0 Å². The maximum absolute atomic E-state index is 4.56. The summed E-state index contributed by atoms with van der Waals surface area (Å²) in [5, 5.41) is 4.76. The fraction of sp³-hybridized carbons (Fsp3) is 0.786. The van der Waals surface area contributed by atoms with Crippen molar-refractivity contribution in [3.8, 4) is 0 Å². The predicted molar refractivity (Wildman–Crippen MR) is 78.2 cm³/mol. The quantitative estimate of drug-likeness (QED) is 0.889. The number of aromatic nitrogens is 1. The van der Waals surface area contributed by atoms with Crippen molar-refractivity contribution in [1.82, 2.24) is 15.2 Å². The summed E-state index contributed by atoms with van der Waals surface area (Å²) in [6, 6.07) is 0.646. The van der Waals surface area contributed by atoms with Crippen LogP contribution in [0.25, 0.3) is 0 Å². The maximum atomic E-state index is 4.56. The van der Waals surface area contributed by atoms with Crippen molar-refractivity contribution in [3.05, 3.63) is 15.6 Å². The molecule has 0 bridgehead atoms. The molecule has 1 atom stereocenters. The molecule has 0 aromatic carbocycles. The number of likely N-dealkylation sites (tertiary alicyclic amines) is 1. The van der Waals surface area contributed by atoms with Gasteiger partial charge in [-0.1, -0.05) is 6.42 Å². The van der Waals surface area contributed by atoms with E-state index in [4.69, 9.17) is 0 Å². The number of hydrogen-bond acceptors (Lipinski definition) is 4. The highest BCUT2D eigenvalue weighted by Gasteiger charge is 2.16. The van der Waals surface area contributed by atoms with Gasteiger partial charge < -0.3 is 5.32 Å². The molecule has 0 spiro atoms. The summed E-state index contributed by atoms with van der Waals surface area (Å²) < 4.78 is 0. The van der Waals surface area contributed by atoms with Gasteiger partial charge in [-0.25, -0.2) is 4.98 Å². The van der Waals surface area contributed by atoms with Crippen molar-refractivity contribution in [2.45, 2.75) is 52.6 Å². The zero-order valence-corrected chi connectivity index (χ0v) is 12.6. The Labute approximate surface area is 115 Å². The first kappa shape index (κ1) is 14.0. The molecule has 2 rings (SSSR count). The van der Waals surface area contributed by atoms with Crippen LogP contribution >= 0.6 is 11.3 Å². The lowest BCUT2D eigenvalue weighted by molar-refractivity contribution is 0.170. The topological polar surface area (TPSA) is 28.2 Å². The smallest absolute Gasteiger partial charge is 0.107 e. The third kappa shape index (κ3) is 3.77. The third-order valence-corrected chi connectivity index (χ3v) is 4.88. The molecule has 1 unspecified atom stereocenters. The average Bonchev–Trinajstić information content (AvgIpc) is 2.69. The second kappa shape index (κ2) is 6.64. The lowest BCUT2D eigenvalue weighted by atomic mass is 10.1. The fourth-order valence-electron chi connectivity index (χ4n) is 2.49. The van der Waals surface area contributed by atoms with Gasteiger partial charge in [0.1, 0.15) is 5.01 Å². The van der Waals surface area contributed by atoms with E-state index in [0.717, 1.165) is 13.1 Å². The standard InChI is InChI=1S/C14H25N3S/c1-11(17-7-5-4-6-8-17)9-15-10-14-16-12(2)13(3)18-14/h11,15H,4-10H2,1-3H3. The minimum absolute atomic E-state index is 0.646. The Kier molecular flexibility index (Phi) is 5.15. The number of thiazole rings is 1. The molecule has 1 fully saturated rings. The fourth-order valence-corrected chi connectivity index (χ4v) is 3.39. The van der Waals surface area contributed by atoms with Crippen LogP contribution in [0.2, 0.25) is 0 Å². The summed E-state index contributed by atoms with van der Waals surface area (Å²) >= 11 is 1.81. The van der Waals surface area contributed by atoms with Crippen LogP contribution in [0, 0.1) is 13.8 Å². The zero-order chi connectivity index (χ0) is 13.0. The van der Waals surface area contributed by atoms with Crippen LogP contribution in [-0.2, 0) is 6.54 Å². The van der Waals surface area contributed by atoms with Crippen LogP contribution in [0.3, 0.4) is 0 Å². The van der Waals surface area contributed by atoms with Gasteiger partial charge in [-0.15, -0.1) is 11.3 Å². The van der Waals surface area contributed by atoms with Gasteiger partial charge in [0.15, 0.2) is 0 Å². The molecule has 2 heterocycles. The molecule has 1 aliphatic heterocycles. The number of aryl methyl sites for hydroxylation is 2. The lowest BCUT2D eigenvalue weighted by Gasteiger charge is -2.32. The van der Waals surface area contributed by atoms with Crippen molar-refractivity contribution in [2.24, 2.45) is 0 Å². The molecule has 102 valence electrons. The molecule has 1 N–H and O–H groups in total. The van der Waals surface area contributed by atoms with Crippen molar-refractivity contribution < 1.29 is 0 Å². The van der Waals surface area contributed by atoms with Gasteiger partial charge >= 0.3 is 0 Å². The second-order valence-electron chi connectivity index (χ2n) is 5.33. The average molecular weight is 267 g/mol. The van der Waals surface area contributed by atoms with Gasteiger partial charge in [-0.2, -0.15) is 0 Å². The summed E-state index contributed by atoms with van der Waals surface area (Å²) in [6.07, 6.45) is 4.15. The highest BCUT2D eigenvalue weighted by Crippen LogP contribution is 2.16. The molecule has 0 aliphatic carbocycles. The molecule has 0 radical (unpaired) electrons. The van der Waals surface area contributed by atoms with Crippen molar-refractivity contribution >= 4 is 11.3 Å². The van der Waals surface area contributed by atoms with E-state index in [1.165, 1.54) is 47.9 Å². The molecule has 18 heavy (non-hydrogen) atoms. The van der Waals surface area contributed by atoms with Crippen molar-refractivity contribution in [3.63, 3.8) is 0 Å². The number of piperidine rings is 1. The highest BCUT2D eigenvalue weighted by atomic mass is 32.1. The van der Waals surface area contributed by atoms with Gasteiger partial charge in [0.25, 0.3) is 0 Å². The largest absolute Gasteiger partial charge is 0.309 e. The van der Waals surface area contributed by atoms with Crippen LogP contribution in [0.5, 0.6) is 0 Å². The first-order valence-electron chi connectivity index (χ1n) is 7.04. The molecule has 3 nitrogen and oxygen atoms in total. The van der Waals surface area contributed by atoms with Crippen LogP contribution in [0.4, 0.5) is 0 Å². The Balaban J connectivity index is 1.71. The van der Waals surface area contributed by atoms with Gasteiger partial charge in [-0.05, 0) is 46.7 Å². The van der Waals surface area contributed by atoms with Crippen LogP contribution < -0.4 is 5.32 Å². The Hall–Kier alpha value is -0.450. The van der Waals surface area contributed by atoms with Gasteiger partial charge in [0.05, 0.1) is 5.69 Å². The number of nitrogens with one attached hydrogen (secondary N) is 1.